The molecule has 122 valence electrons. The molecule has 0 aromatic heterocycles. The Balaban J connectivity index is 2.40. The molecule has 0 aliphatic carbocycles. The molecule has 0 saturated heterocycles. The number of carbonyl (C=O) groups is 2. The zero-order chi connectivity index (χ0) is 16.9. The van der Waals surface area contributed by atoms with E-state index in [0.29, 0.717) is 6.54 Å². The van der Waals surface area contributed by atoms with Gasteiger partial charge in [-0.3, -0.25) is 9.59 Å². The molecule has 0 spiro atoms. The summed E-state index contributed by atoms with van der Waals surface area (Å²) < 4.78 is 0. The smallest absolute Gasteiger partial charge is 0.234 e. The van der Waals surface area contributed by atoms with Crippen LogP contribution in [0.25, 0.3) is 0 Å². The number of benzene rings is 1. The van der Waals surface area contributed by atoms with Crippen molar-refractivity contribution in [2.45, 2.75) is 45.9 Å². The Bertz CT molecular complexity index is 550. The molecule has 0 aliphatic heterocycles. The molecular weight excluding hydrogens is 344 g/mol. The molecule has 22 heavy (non-hydrogen) atoms. The number of halogens is 1. The van der Waals surface area contributed by atoms with Crippen molar-refractivity contribution in [1.29, 1.82) is 0 Å². The van der Waals surface area contributed by atoms with Crippen LogP contribution in [0.1, 0.15) is 38.3 Å². The molecule has 1 aromatic carbocycles. The van der Waals surface area contributed by atoms with Gasteiger partial charge in [0.25, 0.3) is 0 Å². The van der Waals surface area contributed by atoms with Gasteiger partial charge in [0.05, 0.1) is 4.83 Å². The minimum absolute atomic E-state index is 0.0912. The molecule has 4 nitrogen and oxygen atoms in total. The van der Waals surface area contributed by atoms with E-state index in [9.17, 15) is 9.59 Å². The van der Waals surface area contributed by atoms with Gasteiger partial charge in [-0.1, -0.05) is 42.8 Å². The van der Waals surface area contributed by atoms with E-state index in [1.54, 1.807) is 0 Å². The van der Waals surface area contributed by atoms with E-state index in [1.807, 2.05) is 52.8 Å². The van der Waals surface area contributed by atoms with Gasteiger partial charge in [-0.05, 0) is 42.5 Å². The summed E-state index contributed by atoms with van der Waals surface area (Å²) in [7, 11) is 0. The summed E-state index contributed by atoms with van der Waals surface area (Å²) in [5.74, 6) is -0.197. The summed E-state index contributed by atoms with van der Waals surface area (Å²) in [5, 5.41) is 5.62. The highest BCUT2D eigenvalue weighted by molar-refractivity contribution is 9.10. The highest BCUT2D eigenvalue weighted by atomic mass is 79.9. The van der Waals surface area contributed by atoms with Crippen LogP contribution in [0.15, 0.2) is 18.2 Å². The van der Waals surface area contributed by atoms with E-state index < -0.39 is 0 Å². The number of amides is 2. The number of hydrogen-bond acceptors (Lipinski definition) is 2. The van der Waals surface area contributed by atoms with Crippen molar-refractivity contribution in [2.75, 3.05) is 11.9 Å². The van der Waals surface area contributed by atoms with Crippen LogP contribution in [0.2, 0.25) is 0 Å². The van der Waals surface area contributed by atoms with Crippen molar-refractivity contribution in [2.24, 2.45) is 5.41 Å². The minimum atomic E-state index is -0.275. The highest BCUT2D eigenvalue weighted by Crippen LogP contribution is 2.25. The zero-order valence-corrected chi connectivity index (χ0v) is 15.5. The third-order valence-electron chi connectivity index (χ3n) is 3.43. The van der Waals surface area contributed by atoms with Gasteiger partial charge in [0.15, 0.2) is 0 Å². The largest absolute Gasteiger partial charge is 0.355 e. The molecule has 0 heterocycles. The van der Waals surface area contributed by atoms with Crippen LogP contribution in [0.3, 0.4) is 0 Å². The number of nitrogens with one attached hydrogen (secondary N) is 2. The molecule has 0 radical (unpaired) electrons. The molecule has 1 rings (SSSR count). The van der Waals surface area contributed by atoms with Crippen LogP contribution in [0.4, 0.5) is 5.69 Å². The average molecular weight is 369 g/mol. The van der Waals surface area contributed by atoms with Crippen molar-refractivity contribution in [3.05, 3.63) is 29.3 Å². The van der Waals surface area contributed by atoms with Gasteiger partial charge >= 0.3 is 0 Å². The van der Waals surface area contributed by atoms with Crippen LogP contribution >= 0.6 is 15.9 Å². The summed E-state index contributed by atoms with van der Waals surface area (Å²) in [6, 6.07) is 5.80. The lowest BCUT2D eigenvalue weighted by atomic mass is 9.92. The molecule has 1 atom stereocenters. The number of anilines is 1. The van der Waals surface area contributed by atoms with Gasteiger partial charge < -0.3 is 10.6 Å². The Morgan fingerprint density at radius 3 is 2.36 bits per heavy atom. The predicted octanol–water partition coefficient (Wildman–Crippen LogP) is 3.56. The fraction of sp³-hybridized carbons (Fsp3) is 0.529. The quantitative estimate of drug-likeness (QED) is 0.780. The fourth-order valence-electron chi connectivity index (χ4n) is 1.82. The molecule has 0 bridgehead atoms. The molecule has 0 fully saturated rings. The monoisotopic (exact) mass is 368 g/mol. The first-order valence-electron chi connectivity index (χ1n) is 7.40. The van der Waals surface area contributed by atoms with Crippen molar-refractivity contribution < 1.29 is 9.59 Å². The van der Waals surface area contributed by atoms with Crippen LogP contribution in [0, 0.1) is 19.3 Å². The van der Waals surface area contributed by atoms with Gasteiger partial charge in [-0.25, -0.2) is 0 Å². The average Bonchev–Trinajstić information content (AvgIpc) is 2.41. The Kier molecular flexibility index (Phi) is 6.60. The second-order valence-electron chi connectivity index (χ2n) is 6.62. The van der Waals surface area contributed by atoms with Crippen LogP contribution in [0.5, 0.6) is 0 Å². The molecule has 1 unspecified atom stereocenters. The molecule has 5 heteroatoms. The molecule has 2 amide bonds. The van der Waals surface area contributed by atoms with E-state index in [4.69, 9.17) is 0 Å². The summed E-state index contributed by atoms with van der Waals surface area (Å²) in [6.45, 7) is 10.3. The standard InChI is InChI=1S/C17H25BrN2O2/c1-11-6-7-13(10-12(11)2)20-14(21)8-9-19-16(22)15(18)17(3,4)5/h6-7,10,15H,8-9H2,1-5H3,(H,19,22)(H,20,21). The van der Waals surface area contributed by atoms with Crippen molar-refractivity contribution >= 4 is 33.4 Å². The van der Waals surface area contributed by atoms with E-state index in [1.165, 1.54) is 5.56 Å². The number of carbonyl (C=O) groups excluding carboxylic acids is 2. The number of hydrogen-bond donors (Lipinski definition) is 2. The van der Waals surface area contributed by atoms with Crippen LogP contribution in [-0.2, 0) is 9.59 Å². The maximum atomic E-state index is 11.9. The Morgan fingerprint density at radius 1 is 1.18 bits per heavy atom. The second kappa shape index (κ2) is 7.77. The van der Waals surface area contributed by atoms with E-state index in [2.05, 4.69) is 26.6 Å². The van der Waals surface area contributed by atoms with Gasteiger partial charge in [0, 0.05) is 18.7 Å². The van der Waals surface area contributed by atoms with Crippen molar-refractivity contribution in [3.8, 4) is 0 Å². The van der Waals surface area contributed by atoms with Gasteiger partial charge in [-0.2, -0.15) is 0 Å². The van der Waals surface area contributed by atoms with Gasteiger partial charge in [0.1, 0.15) is 0 Å². The van der Waals surface area contributed by atoms with E-state index >= 15 is 0 Å². The maximum Gasteiger partial charge on any atom is 0.234 e. The summed E-state index contributed by atoms with van der Waals surface area (Å²) in [4.78, 5) is 23.5. The number of aryl methyl sites for hydroxylation is 2. The summed E-state index contributed by atoms with van der Waals surface area (Å²) in [6.07, 6.45) is 0.253. The molecule has 0 saturated carbocycles. The number of alkyl halides is 1. The molecule has 1 aromatic rings. The SMILES string of the molecule is Cc1ccc(NC(=O)CCNC(=O)C(Br)C(C)(C)C)cc1C. The maximum absolute atomic E-state index is 11.9. The Labute approximate surface area is 141 Å². The van der Waals surface area contributed by atoms with E-state index in [-0.39, 0.29) is 28.5 Å². The first-order chi connectivity index (χ1) is 10.1. The van der Waals surface area contributed by atoms with E-state index in [0.717, 1.165) is 11.3 Å². The predicted molar refractivity (Wildman–Crippen MR) is 94.3 cm³/mol. The van der Waals surface area contributed by atoms with Crippen LogP contribution < -0.4 is 10.6 Å². The zero-order valence-electron chi connectivity index (χ0n) is 13.9. The van der Waals surface area contributed by atoms with Gasteiger partial charge in [0.2, 0.25) is 11.8 Å². The molecule has 0 aliphatic rings. The topological polar surface area (TPSA) is 58.2 Å². The Hall–Kier alpha value is -1.36. The normalized spacial score (nSPS) is 12.6. The summed E-state index contributed by atoms with van der Waals surface area (Å²) in [5.41, 5.74) is 2.95. The number of rotatable bonds is 5. The Morgan fingerprint density at radius 2 is 1.82 bits per heavy atom. The molecule has 2 N–H and O–H groups in total. The highest BCUT2D eigenvalue weighted by Gasteiger charge is 2.28. The third-order valence-corrected chi connectivity index (χ3v) is 5.22. The third kappa shape index (κ3) is 5.79. The summed E-state index contributed by atoms with van der Waals surface area (Å²) >= 11 is 3.39. The van der Waals surface area contributed by atoms with Crippen molar-refractivity contribution in [1.82, 2.24) is 5.32 Å². The lowest BCUT2D eigenvalue weighted by Gasteiger charge is -2.24. The second-order valence-corrected chi connectivity index (χ2v) is 7.53. The molecular formula is C17H25BrN2O2. The van der Waals surface area contributed by atoms with Crippen molar-refractivity contribution in [3.63, 3.8) is 0 Å². The lowest BCUT2D eigenvalue weighted by Crippen LogP contribution is -2.39. The first-order valence-corrected chi connectivity index (χ1v) is 8.31. The fourth-order valence-corrected chi connectivity index (χ4v) is 1.99. The minimum Gasteiger partial charge on any atom is -0.355 e. The van der Waals surface area contributed by atoms with Gasteiger partial charge in [-0.15, -0.1) is 0 Å². The lowest BCUT2D eigenvalue weighted by molar-refractivity contribution is -0.122. The first kappa shape index (κ1) is 18.7. The van der Waals surface area contributed by atoms with Crippen LogP contribution in [-0.4, -0.2) is 23.2 Å².